The highest BCUT2D eigenvalue weighted by Crippen LogP contribution is 2.30. The summed E-state index contributed by atoms with van der Waals surface area (Å²) in [4.78, 5) is 12.3. The topological polar surface area (TPSA) is 47.6 Å². The molecule has 4 nitrogen and oxygen atoms in total. The number of ether oxygens (including phenoxy) is 2. The second kappa shape index (κ2) is 8.78. The molecule has 1 amide bonds. The Balaban J connectivity index is 2.76. The molecular weight excluding hydrogens is 290 g/mol. The number of nitrogens with one attached hydrogen (secondary N) is 1. The van der Waals surface area contributed by atoms with Crippen LogP contribution in [-0.2, 0) is 0 Å². The molecule has 1 N–H and O–H groups in total. The van der Waals surface area contributed by atoms with Crippen molar-refractivity contribution in [1.29, 1.82) is 0 Å². The van der Waals surface area contributed by atoms with E-state index in [1.807, 2.05) is 0 Å². The minimum absolute atomic E-state index is 0.0689. The Kier molecular flexibility index (Phi) is 7.37. The van der Waals surface area contributed by atoms with Gasteiger partial charge in [-0.05, 0) is 18.1 Å². The summed E-state index contributed by atoms with van der Waals surface area (Å²) in [6, 6.07) is 5.22. The number of carbonyl (C=O) groups excluding carboxylic acids is 1. The van der Waals surface area contributed by atoms with Gasteiger partial charge in [0.1, 0.15) is 0 Å². The third kappa shape index (κ3) is 4.53. The van der Waals surface area contributed by atoms with Crippen molar-refractivity contribution in [2.75, 3.05) is 20.8 Å². The van der Waals surface area contributed by atoms with Crippen molar-refractivity contribution in [3.63, 3.8) is 0 Å². The highest BCUT2D eigenvalue weighted by molar-refractivity contribution is 6.21. The molecule has 0 aliphatic heterocycles. The van der Waals surface area contributed by atoms with E-state index in [-0.39, 0.29) is 11.3 Å². The molecule has 1 rings (SSSR count). The number of para-hydroxylation sites is 1. The van der Waals surface area contributed by atoms with Crippen LogP contribution >= 0.6 is 11.6 Å². The molecule has 0 fully saturated rings. The summed E-state index contributed by atoms with van der Waals surface area (Å²) in [7, 11) is 3.06. The zero-order chi connectivity index (χ0) is 15.8. The summed E-state index contributed by atoms with van der Waals surface area (Å²) in [5.41, 5.74) is 0.449. The number of methoxy groups -OCH3 is 2. The van der Waals surface area contributed by atoms with Crippen molar-refractivity contribution in [1.82, 2.24) is 5.32 Å². The molecule has 0 aliphatic rings. The molecule has 1 aromatic rings. The van der Waals surface area contributed by atoms with Crippen LogP contribution in [-0.4, -0.2) is 32.0 Å². The fourth-order valence-electron chi connectivity index (χ4n) is 2.32. The number of alkyl halides is 1. The van der Waals surface area contributed by atoms with E-state index < -0.39 is 0 Å². The molecule has 118 valence electrons. The number of carbonyl (C=O) groups is 1. The standard InChI is InChI=1S/C16H24ClNO3/c1-5-11(6-2)13(17)10-18-16(19)12-8-7-9-14(20-3)15(12)21-4/h7-9,11,13H,5-6,10H2,1-4H3,(H,18,19). The Morgan fingerprint density at radius 2 is 1.90 bits per heavy atom. The fraction of sp³-hybridized carbons (Fsp3) is 0.562. The van der Waals surface area contributed by atoms with Crippen LogP contribution in [0.1, 0.15) is 37.0 Å². The van der Waals surface area contributed by atoms with Gasteiger partial charge in [-0.15, -0.1) is 11.6 Å². The van der Waals surface area contributed by atoms with E-state index in [0.717, 1.165) is 12.8 Å². The average molecular weight is 314 g/mol. The van der Waals surface area contributed by atoms with Gasteiger partial charge in [-0.3, -0.25) is 4.79 Å². The van der Waals surface area contributed by atoms with Crippen LogP contribution in [0.2, 0.25) is 0 Å². The van der Waals surface area contributed by atoms with Gasteiger partial charge in [0.2, 0.25) is 0 Å². The molecule has 0 radical (unpaired) electrons. The average Bonchev–Trinajstić information content (AvgIpc) is 2.52. The Morgan fingerprint density at radius 1 is 1.24 bits per heavy atom. The predicted molar refractivity (Wildman–Crippen MR) is 85.6 cm³/mol. The highest BCUT2D eigenvalue weighted by Gasteiger charge is 2.19. The largest absolute Gasteiger partial charge is 0.493 e. The molecule has 0 saturated carbocycles. The van der Waals surface area contributed by atoms with E-state index in [4.69, 9.17) is 21.1 Å². The quantitative estimate of drug-likeness (QED) is 0.747. The summed E-state index contributed by atoms with van der Waals surface area (Å²) in [5.74, 6) is 1.17. The molecule has 0 saturated heterocycles. The van der Waals surface area contributed by atoms with Gasteiger partial charge in [0.25, 0.3) is 5.91 Å². The highest BCUT2D eigenvalue weighted by atomic mass is 35.5. The smallest absolute Gasteiger partial charge is 0.255 e. The first-order chi connectivity index (χ1) is 10.1. The van der Waals surface area contributed by atoms with Crippen LogP contribution < -0.4 is 14.8 Å². The minimum Gasteiger partial charge on any atom is -0.493 e. The lowest BCUT2D eigenvalue weighted by molar-refractivity contribution is 0.0948. The van der Waals surface area contributed by atoms with Gasteiger partial charge in [-0.1, -0.05) is 32.8 Å². The number of amides is 1. The zero-order valence-corrected chi connectivity index (χ0v) is 13.9. The molecule has 0 spiro atoms. The first-order valence-corrected chi connectivity index (χ1v) is 7.65. The molecule has 1 aromatic carbocycles. The van der Waals surface area contributed by atoms with E-state index in [9.17, 15) is 4.79 Å². The first kappa shape index (κ1) is 17.6. The van der Waals surface area contributed by atoms with Crippen LogP contribution in [0.5, 0.6) is 11.5 Å². The Bertz CT molecular complexity index is 461. The van der Waals surface area contributed by atoms with E-state index >= 15 is 0 Å². The Labute approximate surface area is 131 Å². The van der Waals surface area contributed by atoms with Crippen LogP contribution in [0, 0.1) is 5.92 Å². The molecule has 21 heavy (non-hydrogen) atoms. The van der Waals surface area contributed by atoms with E-state index in [2.05, 4.69) is 19.2 Å². The summed E-state index contributed by atoms with van der Waals surface area (Å²) in [6.07, 6.45) is 2.01. The first-order valence-electron chi connectivity index (χ1n) is 7.22. The third-order valence-electron chi connectivity index (χ3n) is 3.67. The number of hydrogen-bond acceptors (Lipinski definition) is 3. The maximum absolute atomic E-state index is 12.3. The molecule has 5 heteroatoms. The molecule has 0 aromatic heterocycles. The Morgan fingerprint density at radius 3 is 2.43 bits per heavy atom. The molecule has 1 unspecified atom stereocenters. The maximum atomic E-state index is 12.3. The van der Waals surface area contributed by atoms with Crippen molar-refractivity contribution in [3.8, 4) is 11.5 Å². The van der Waals surface area contributed by atoms with Gasteiger partial charge in [0, 0.05) is 6.54 Å². The van der Waals surface area contributed by atoms with Gasteiger partial charge >= 0.3 is 0 Å². The van der Waals surface area contributed by atoms with Crippen LogP contribution in [0.3, 0.4) is 0 Å². The summed E-state index contributed by atoms with van der Waals surface area (Å²) < 4.78 is 10.5. The molecule has 0 bridgehead atoms. The summed E-state index contributed by atoms with van der Waals surface area (Å²) in [6.45, 7) is 4.65. The monoisotopic (exact) mass is 313 g/mol. The molecule has 0 aliphatic carbocycles. The summed E-state index contributed by atoms with van der Waals surface area (Å²) in [5, 5.41) is 2.80. The van der Waals surface area contributed by atoms with E-state index in [1.54, 1.807) is 25.3 Å². The second-order valence-corrected chi connectivity index (χ2v) is 5.40. The van der Waals surface area contributed by atoms with Crippen LogP contribution in [0.25, 0.3) is 0 Å². The minimum atomic E-state index is -0.206. The molecule has 1 atom stereocenters. The van der Waals surface area contributed by atoms with Crippen molar-refractivity contribution in [2.24, 2.45) is 5.92 Å². The Hall–Kier alpha value is -1.42. The fourth-order valence-corrected chi connectivity index (χ4v) is 2.75. The SMILES string of the molecule is CCC(CC)C(Cl)CNC(=O)c1cccc(OC)c1OC. The van der Waals surface area contributed by atoms with Crippen LogP contribution in [0.15, 0.2) is 18.2 Å². The number of rotatable bonds is 8. The normalized spacial score (nSPS) is 12.1. The van der Waals surface area contributed by atoms with Crippen molar-refractivity contribution in [2.45, 2.75) is 32.1 Å². The molecule has 0 heterocycles. The lowest BCUT2D eigenvalue weighted by atomic mass is 9.99. The van der Waals surface area contributed by atoms with Gasteiger partial charge in [-0.25, -0.2) is 0 Å². The van der Waals surface area contributed by atoms with Gasteiger partial charge < -0.3 is 14.8 Å². The van der Waals surface area contributed by atoms with Crippen molar-refractivity contribution in [3.05, 3.63) is 23.8 Å². The number of hydrogen-bond donors (Lipinski definition) is 1. The summed E-state index contributed by atoms with van der Waals surface area (Å²) >= 11 is 6.34. The number of halogens is 1. The van der Waals surface area contributed by atoms with Crippen LogP contribution in [0.4, 0.5) is 0 Å². The van der Waals surface area contributed by atoms with Gasteiger partial charge in [0.05, 0.1) is 25.2 Å². The second-order valence-electron chi connectivity index (χ2n) is 4.84. The van der Waals surface area contributed by atoms with Gasteiger partial charge in [0.15, 0.2) is 11.5 Å². The van der Waals surface area contributed by atoms with Gasteiger partial charge in [-0.2, -0.15) is 0 Å². The van der Waals surface area contributed by atoms with E-state index in [1.165, 1.54) is 7.11 Å². The van der Waals surface area contributed by atoms with Crippen molar-refractivity contribution >= 4 is 17.5 Å². The van der Waals surface area contributed by atoms with Crippen molar-refractivity contribution < 1.29 is 14.3 Å². The maximum Gasteiger partial charge on any atom is 0.255 e. The third-order valence-corrected chi connectivity index (χ3v) is 4.18. The predicted octanol–water partition coefficient (Wildman–Crippen LogP) is 3.48. The lowest BCUT2D eigenvalue weighted by Gasteiger charge is -2.20. The lowest BCUT2D eigenvalue weighted by Crippen LogP contribution is -2.33. The zero-order valence-electron chi connectivity index (χ0n) is 13.1. The van der Waals surface area contributed by atoms with E-state index in [0.29, 0.717) is 29.5 Å². The molecular formula is C16H24ClNO3. The number of benzene rings is 1.